The summed E-state index contributed by atoms with van der Waals surface area (Å²) in [6.45, 7) is 3.37. The normalized spacial score (nSPS) is 11.5. The number of rotatable bonds is 5. The molecule has 1 atom stereocenters. The van der Waals surface area contributed by atoms with Crippen molar-refractivity contribution in [2.75, 3.05) is 12.4 Å². The summed E-state index contributed by atoms with van der Waals surface area (Å²) in [6, 6.07) is 11.8. The summed E-state index contributed by atoms with van der Waals surface area (Å²) in [4.78, 5) is 24.4. The SMILES string of the molecule is COc1ccccc1C(=O)O[C@@H](C)C(=O)Nc1ccc(C)c(Cl)c1. The van der Waals surface area contributed by atoms with Crippen molar-refractivity contribution in [3.63, 3.8) is 0 Å². The summed E-state index contributed by atoms with van der Waals surface area (Å²) < 4.78 is 10.3. The lowest BCUT2D eigenvalue weighted by atomic mass is 10.2. The number of anilines is 1. The Kier molecular flexibility index (Phi) is 5.82. The molecule has 126 valence electrons. The van der Waals surface area contributed by atoms with Crippen LogP contribution in [-0.2, 0) is 9.53 Å². The predicted molar refractivity (Wildman–Crippen MR) is 92.7 cm³/mol. The van der Waals surface area contributed by atoms with Gasteiger partial charge in [0, 0.05) is 10.7 Å². The smallest absolute Gasteiger partial charge is 0.342 e. The number of hydrogen-bond donors (Lipinski definition) is 1. The molecule has 1 amide bonds. The molecular weight excluding hydrogens is 330 g/mol. The average Bonchev–Trinajstić information content (AvgIpc) is 2.57. The van der Waals surface area contributed by atoms with Gasteiger partial charge >= 0.3 is 5.97 Å². The molecule has 0 aliphatic rings. The van der Waals surface area contributed by atoms with Crippen molar-refractivity contribution in [2.24, 2.45) is 0 Å². The zero-order valence-electron chi connectivity index (χ0n) is 13.6. The molecule has 0 heterocycles. The van der Waals surface area contributed by atoms with Crippen LogP contribution in [0.4, 0.5) is 5.69 Å². The van der Waals surface area contributed by atoms with E-state index in [4.69, 9.17) is 21.1 Å². The topological polar surface area (TPSA) is 64.6 Å². The number of aryl methyl sites for hydroxylation is 1. The summed E-state index contributed by atoms with van der Waals surface area (Å²) in [5.41, 5.74) is 1.71. The molecule has 0 unspecified atom stereocenters. The van der Waals surface area contributed by atoms with Gasteiger partial charge in [-0.3, -0.25) is 4.79 Å². The molecule has 0 radical (unpaired) electrons. The highest BCUT2D eigenvalue weighted by Crippen LogP contribution is 2.21. The van der Waals surface area contributed by atoms with E-state index in [2.05, 4.69) is 5.32 Å². The number of halogens is 1. The van der Waals surface area contributed by atoms with E-state index in [1.165, 1.54) is 14.0 Å². The molecule has 1 N–H and O–H groups in total. The lowest BCUT2D eigenvalue weighted by Crippen LogP contribution is -2.30. The third kappa shape index (κ3) is 4.26. The zero-order chi connectivity index (χ0) is 17.7. The predicted octanol–water partition coefficient (Wildman–Crippen LogP) is 3.84. The lowest BCUT2D eigenvalue weighted by Gasteiger charge is -2.15. The van der Waals surface area contributed by atoms with Gasteiger partial charge in [-0.15, -0.1) is 0 Å². The van der Waals surface area contributed by atoms with Crippen LogP contribution in [0.15, 0.2) is 42.5 Å². The van der Waals surface area contributed by atoms with E-state index in [1.54, 1.807) is 42.5 Å². The maximum atomic E-state index is 12.2. The summed E-state index contributed by atoms with van der Waals surface area (Å²) in [7, 11) is 1.46. The minimum absolute atomic E-state index is 0.262. The molecule has 0 aliphatic heterocycles. The standard InChI is InChI=1S/C18H18ClNO4/c1-11-8-9-13(10-15(11)19)20-17(21)12(2)24-18(22)14-6-4-5-7-16(14)23-3/h4-10,12H,1-3H3,(H,20,21)/t12-/m0/s1. The first-order chi connectivity index (χ1) is 11.4. The van der Waals surface area contributed by atoms with Crippen LogP contribution in [0.1, 0.15) is 22.8 Å². The number of para-hydroxylation sites is 1. The van der Waals surface area contributed by atoms with Crippen LogP contribution in [0.25, 0.3) is 0 Å². The number of methoxy groups -OCH3 is 1. The van der Waals surface area contributed by atoms with Gasteiger partial charge in [-0.25, -0.2) is 4.79 Å². The van der Waals surface area contributed by atoms with E-state index < -0.39 is 18.0 Å². The third-order valence-corrected chi connectivity index (χ3v) is 3.83. The van der Waals surface area contributed by atoms with Crippen LogP contribution in [0.2, 0.25) is 5.02 Å². The van der Waals surface area contributed by atoms with Crippen molar-refractivity contribution in [3.05, 3.63) is 58.6 Å². The molecule has 2 aromatic carbocycles. The van der Waals surface area contributed by atoms with Crippen molar-refractivity contribution in [3.8, 4) is 5.75 Å². The minimum atomic E-state index is -0.970. The maximum Gasteiger partial charge on any atom is 0.342 e. The lowest BCUT2D eigenvalue weighted by molar-refractivity contribution is -0.123. The molecule has 2 rings (SSSR count). The van der Waals surface area contributed by atoms with Crippen LogP contribution < -0.4 is 10.1 Å². The first kappa shape index (κ1) is 17.8. The summed E-state index contributed by atoms with van der Waals surface area (Å²) >= 11 is 6.02. The van der Waals surface area contributed by atoms with Crippen LogP contribution in [0.3, 0.4) is 0 Å². The highest BCUT2D eigenvalue weighted by molar-refractivity contribution is 6.31. The van der Waals surface area contributed by atoms with E-state index in [-0.39, 0.29) is 5.56 Å². The highest BCUT2D eigenvalue weighted by Gasteiger charge is 2.21. The van der Waals surface area contributed by atoms with Crippen molar-refractivity contribution in [2.45, 2.75) is 20.0 Å². The van der Waals surface area contributed by atoms with Crippen molar-refractivity contribution >= 4 is 29.2 Å². The van der Waals surface area contributed by atoms with Crippen LogP contribution in [0, 0.1) is 6.92 Å². The van der Waals surface area contributed by atoms with Crippen molar-refractivity contribution in [1.82, 2.24) is 0 Å². The maximum absolute atomic E-state index is 12.2. The van der Waals surface area contributed by atoms with Gasteiger partial charge in [0.15, 0.2) is 6.10 Å². The fraction of sp³-hybridized carbons (Fsp3) is 0.222. The average molecular weight is 348 g/mol. The number of hydrogen-bond acceptors (Lipinski definition) is 4. The van der Waals surface area contributed by atoms with Crippen molar-refractivity contribution < 1.29 is 19.1 Å². The van der Waals surface area contributed by atoms with Gasteiger partial charge in [0.2, 0.25) is 0 Å². The number of esters is 1. The number of carbonyl (C=O) groups is 2. The van der Waals surface area contributed by atoms with Crippen LogP contribution in [-0.4, -0.2) is 25.1 Å². The van der Waals surface area contributed by atoms with Crippen LogP contribution >= 0.6 is 11.6 Å². The Labute approximate surface area is 145 Å². The number of benzene rings is 2. The second-order valence-electron chi connectivity index (χ2n) is 5.20. The third-order valence-electron chi connectivity index (χ3n) is 3.42. The van der Waals surface area contributed by atoms with Gasteiger partial charge in [0.05, 0.1) is 7.11 Å². The van der Waals surface area contributed by atoms with Gasteiger partial charge < -0.3 is 14.8 Å². The Hall–Kier alpha value is -2.53. The summed E-state index contributed by atoms with van der Waals surface area (Å²) in [5.74, 6) is -0.685. The molecule has 0 saturated carbocycles. The Morgan fingerprint density at radius 1 is 1.17 bits per heavy atom. The van der Waals surface area contributed by atoms with E-state index in [1.807, 2.05) is 6.92 Å². The molecule has 5 nitrogen and oxygen atoms in total. The summed E-state index contributed by atoms with van der Waals surface area (Å²) in [5, 5.41) is 3.21. The molecule has 0 spiro atoms. The largest absolute Gasteiger partial charge is 0.496 e. The molecule has 0 bridgehead atoms. The van der Waals surface area contributed by atoms with E-state index in [0.29, 0.717) is 16.5 Å². The monoisotopic (exact) mass is 347 g/mol. The molecular formula is C18H18ClNO4. The first-order valence-electron chi connectivity index (χ1n) is 7.33. The van der Waals surface area contributed by atoms with E-state index in [0.717, 1.165) is 5.56 Å². The fourth-order valence-electron chi connectivity index (χ4n) is 2.01. The molecule has 0 aromatic heterocycles. The Balaban J connectivity index is 2.03. The number of nitrogens with one attached hydrogen (secondary N) is 1. The van der Waals surface area contributed by atoms with Crippen LogP contribution in [0.5, 0.6) is 5.75 Å². The van der Waals surface area contributed by atoms with Gasteiger partial charge in [-0.1, -0.05) is 29.8 Å². The molecule has 2 aromatic rings. The Bertz CT molecular complexity index is 760. The Morgan fingerprint density at radius 2 is 1.88 bits per heavy atom. The second-order valence-corrected chi connectivity index (χ2v) is 5.61. The first-order valence-corrected chi connectivity index (χ1v) is 7.71. The van der Waals surface area contributed by atoms with Gasteiger partial charge in [-0.05, 0) is 43.7 Å². The minimum Gasteiger partial charge on any atom is -0.496 e. The van der Waals surface area contributed by atoms with Gasteiger partial charge in [0.25, 0.3) is 5.91 Å². The quantitative estimate of drug-likeness (QED) is 0.834. The number of ether oxygens (including phenoxy) is 2. The zero-order valence-corrected chi connectivity index (χ0v) is 14.4. The van der Waals surface area contributed by atoms with E-state index in [9.17, 15) is 9.59 Å². The highest BCUT2D eigenvalue weighted by atomic mass is 35.5. The molecule has 0 saturated heterocycles. The number of carbonyl (C=O) groups excluding carboxylic acids is 2. The summed E-state index contributed by atoms with van der Waals surface area (Å²) in [6.07, 6.45) is -0.970. The molecule has 6 heteroatoms. The molecule has 24 heavy (non-hydrogen) atoms. The van der Waals surface area contributed by atoms with Crippen molar-refractivity contribution in [1.29, 1.82) is 0 Å². The Morgan fingerprint density at radius 3 is 2.54 bits per heavy atom. The van der Waals surface area contributed by atoms with Gasteiger partial charge in [-0.2, -0.15) is 0 Å². The van der Waals surface area contributed by atoms with E-state index >= 15 is 0 Å². The van der Waals surface area contributed by atoms with Gasteiger partial charge in [0.1, 0.15) is 11.3 Å². The molecule has 0 fully saturated rings. The second kappa shape index (κ2) is 7.84. The number of amides is 1. The fourth-order valence-corrected chi connectivity index (χ4v) is 2.19. The molecule has 0 aliphatic carbocycles.